The molecule has 0 spiro atoms. The summed E-state index contributed by atoms with van der Waals surface area (Å²) in [5, 5.41) is 5.45. The van der Waals surface area contributed by atoms with Crippen LogP contribution in [0.3, 0.4) is 0 Å². The van der Waals surface area contributed by atoms with Gasteiger partial charge < -0.3 is 16.0 Å². The van der Waals surface area contributed by atoms with E-state index in [2.05, 4.69) is 10.3 Å². The molecule has 0 aliphatic rings. The van der Waals surface area contributed by atoms with E-state index in [4.69, 9.17) is 5.73 Å². The maximum absolute atomic E-state index is 12.3. The Bertz CT molecular complexity index is 714. The average molecular weight is 397 g/mol. The number of aromatic nitrogens is 1. The summed E-state index contributed by atoms with van der Waals surface area (Å²) in [7, 11) is 0. The Labute approximate surface area is 164 Å². The first-order valence-electron chi connectivity index (χ1n) is 8.39. The van der Waals surface area contributed by atoms with Gasteiger partial charge in [0.15, 0.2) is 0 Å². The first kappa shape index (κ1) is 22.1. The fraction of sp³-hybridized carbons (Fsp3) is 0.389. The second-order valence-corrected chi connectivity index (χ2v) is 6.46. The lowest BCUT2D eigenvalue weighted by Gasteiger charge is -2.18. The molecule has 1 aromatic carbocycles. The molecule has 0 saturated carbocycles. The Morgan fingerprint density at radius 1 is 1.19 bits per heavy atom. The van der Waals surface area contributed by atoms with Gasteiger partial charge in [-0.2, -0.15) is 0 Å². The number of halogens is 1. The summed E-state index contributed by atoms with van der Waals surface area (Å²) in [6.45, 7) is 6.21. The Kier molecular flexibility index (Phi) is 9.26. The molecule has 2 amide bonds. The van der Waals surface area contributed by atoms with E-state index in [1.807, 2.05) is 26.0 Å². The Morgan fingerprint density at radius 3 is 2.42 bits per heavy atom. The van der Waals surface area contributed by atoms with Crippen LogP contribution in [0.25, 0.3) is 0 Å². The third-order valence-electron chi connectivity index (χ3n) is 3.85. The van der Waals surface area contributed by atoms with Crippen molar-refractivity contribution in [1.82, 2.24) is 15.2 Å². The van der Waals surface area contributed by atoms with Crippen LogP contribution in [0.4, 0.5) is 0 Å². The van der Waals surface area contributed by atoms with Crippen LogP contribution in [0, 0.1) is 0 Å². The van der Waals surface area contributed by atoms with E-state index in [0.717, 1.165) is 10.6 Å². The van der Waals surface area contributed by atoms with Gasteiger partial charge in [0.1, 0.15) is 5.69 Å². The van der Waals surface area contributed by atoms with E-state index in [1.54, 1.807) is 22.4 Å². The topological polar surface area (TPSA) is 88.3 Å². The molecule has 0 unspecified atom stereocenters. The van der Waals surface area contributed by atoms with Gasteiger partial charge in [0, 0.05) is 37.0 Å². The number of nitrogens with one attached hydrogen (secondary N) is 1. The van der Waals surface area contributed by atoms with Crippen LogP contribution in [0.15, 0.2) is 29.6 Å². The summed E-state index contributed by atoms with van der Waals surface area (Å²) in [4.78, 5) is 30.4. The minimum atomic E-state index is -0.206. The molecular weight excluding hydrogens is 372 g/mol. The van der Waals surface area contributed by atoms with Gasteiger partial charge in [0.25, 0.3) is 11.8 Å². The maximum atomic E-state index is 12.3. The van der Waals surface area contributed by atoms with Crippen LogP contribution in [-0.2, 0) is 13.0 Å². The second-order valence-electron chi connectivity index (χ2n) is 5.52. The summed E-state index contributed by atoms with van der Waals surface area (Å²) >= 11 is 1.44. The molecule has 142 valence electrons. The standard InChI is InChI=1S/C18H24N4O2S.ClH/c1-3-22(4-2)18(24)14-7-5-13(6-8-14)11-20-17(23)15-12-25-16(21-15)9-10-19;/h5-8,12H,3-4,9-11,19H2,1-2H3,(H,20,23);1H. The van der Waals surface area contributed by atoms with Gasteiger partial charge in [0.2, 0.25) is 0 Å². The van der Waals surface area contributed by atoms with E-state index in [0.29, 0.717) is 43.9 Å². The van der Waals surface area contributed by atoms with Crippen LogP contribution >= 0.6 is 23.7 Å². The molecule has 1 aromatic heterocycles. The fourth-order valence-electron chi connectivity index (χ4n) is 2.38. The van der Waals surface area contributed by atoms with Crippen molar-refractivity contribution in [3.05, 3.63) is 51.5 Å². The molecule has 6 nitrogen and oxygen atoms in total. The van der Waals surface area contributed by atoms with Gasteiger partial charge in [-0.15, -0.1) is 23.7 Å². The van der Waals surface area contributed by atoms with Crippen molar-refractivity contribution in [3.63, 3.8) is 0 Å². The van der Waals surface area contributed by atoms with Gasteiger partial charge in [0.05, 0.1) is 5.01 Å². The number of nitrogens with zero attached hydrogens (tertiary/aromatic N) is 2. The number of amides is 2. The van der Waals surface area contributed by atoms with Crippen molar-refractivity contribution < 1.29 is 9.59 Å². The Hall–Kier alpha value is -1.96. The highest BCUT2D eigenvalue weighted by Gasteiger charge is 2.13. The molecule has 0 saturated heterocycles. The molecule has 0 bridgehead atoms. The van der Waals surface area contributed by atoms with Crippen LogP contribution in [0.5, 0.6) is 0 Å². The molecule has 0 aliphatic heterocycles. The van der Waals surface area contributed by atoms with Crippen LogP contribution < -0.4 is 11.1 Å². The van der Waals surface area contributed by atoms with Gasteiger partial charge in [-0.3, -0.25) is 9.59 Å². The molecule has 0 atom stereocenters. The van der Waals surface area contributed by atoms with Crippen molar-refractivity contribution in [1.29, 1.82) is 0 Å². The van der Waals surface area contributed by atoms with Gasteiger partial charge in [-0.25, -0.2) is 4.98 Å². The van der Waals surface area contributed by atoms with Crippen molar-refractivity contribution in [2.45, 2.75) is 26.8 Å². The largest absolute Gasteiger partial charge is 0.347 e. The third kappa shape index (κ3) is 5.79. The van der Waals surface area contributed by atoms with Crippen molar-refractivity contribution >= 4 is 35.6 Å². The zero-order valence-corrected chi connectivity index (χ0v) is 16.7. The van der Waals surface area contributed by atoms with Crippen LogP contribution in [-0.4, -0.2) is 41.3 Å². The quantitative estimate of drug-likeness (QED) is 0.717. The van der Waals surface area contributed by atoms with Crippen molar-refractivity contribution in [3.8, 4) is 0 Å². The fourth-order valence-corrected chi connectivity index (χ4v) is 3.18. The minimum Gasteiger partial charge on any atom is -0.347 e. The molecule has 2 aromatic rings. The van der Waals surface area contributed by atoms with E-state index in [-0.39, 0.29) is 24.2 Å². The van der Waals surface area contributed by atoms with E-state index in [1.165, 1.54) is 11.3 Å². The lowest BCUT2D eigenvalue weighted by atomic mass is 10.1. The van der Waals surface area contributed by atoms with E-state index >= 15 is 0 Å². The highest BCUT2D eigenvalue weighted by atomic mass is 35.5. The summed E-state index contributed by atoms with van der Waals surface area (Å²) in [5.41, 5.74) is 7.50. The van der Waals surface area contributed by atoms with Gasteiger partial charge in [-0.05, 0) is 38.1 Å². The van der Waals surface area contributed by atoms with Gasteiger partial charge >= 0.3 is 0 Å². The highest BCUT2D eigenvalue weighted by molar-refractivity contribution is 7.09. The Morgan fingerprint density at radius 2 is 1.85 bits per heavy atom. The number of hydrogen-bond donors (Lipinski definition) is 2. The first-order chi connectivity index (χ1) is 12.1. The molecule has 0 fully saturated rings. The lowest BCUT2D eigenvalue weighted by molar-refractivity contribution is 0.0772. The molecule has 26 heavy (non-hydrogen) atoms. The molecule has 1 heterocycles. The zero-order valence-electron chi connectivity index (χ0n) is 15.0. The predicted octanol–water partition coefficient (Wildman–Crippen LogP) is 2.48. The summed E-state index contributed by atoms with van der Waals surface area (Å²) < 4.78 is 0. The number of carbonyl (C=O) groups is 2. The zero-order chi connectivity index (χ0) is 18.2. The Balaban J connectivity index is 0.00000338. The molecular formula is C18H25ClN4O2S. The summed E-state index contributed by atoms with van der Waals surface area (Å²) in [6, 6.07) is 7.31. The molecule has 2 rings (SSSR count). The molecule has 8 heteroatoms. The third-order valence-corrected chi connectivity index (χ3v) is 4.76. The maximum Gasteiger partial charge on any atom is 0.271 e. The lowest BCUT2D eigenvalue weighted by Crippen LogP contribution is -2.30. The molecule has 3 N–H and O–H groups in total. The van der Waals surface area contributed by atoms with Crippen LogP contribution in [0.2, 0.25) is 0 Å². The average Bonchev–Trinajstić information content (AvgIpc) is 3.10. The number of rotatable bonds is 8. The molecule has 0 radical (unpaired) electrons. The first-order valence-corrected chi connectivity index (χ1v) is 9.27. The van der Waals surface area contributed by atoms with Crippen molar-refractivity contribution in [2.24, 2.45) is 5.73 Å². The minimum absolute atomic E-state index is 0. The number of thiazole rings is 1. The monoisotopic (exact) mass is 396 g/mol. The van der Waals surface area contributed by atoms with Crippen molar-refractivity contribution in [2.75, 3.05) is 19.6 Å². The normalized spacial score (nSPS) is 10.1. The number of nitrogens with two attached hydrogens (primary N) is 1. The smallest absolute Gasteiger partial charge is 0.271 e. The predicted molar refractivity (Wildman–Crippen MR) is 107 cm³/mol. The number of benzene rings is 1. The number of hydrogen-bond acceptors (Lipinski definition) is 5. The molecule has 0 aliphatic carbocycles. The summed E-state index contributed by atoms with van der Waals surface area (Å²) in [5.74, 6) is -0.182. The summed E-state index contributed by atoms with van der Waals surface area (Å²) in [6.07, 6.45) is 0.681. The SMILES string of the molecule is CCN(CC)C(=O)c1ccc(CNC(=O)c2csc(CCN)n2)cc1.Cl. The van der Waals surface area contributed by atoms with Gasteiger partial charge in [-0.1, -0.05) is 12.1 Å². The van der Waals surface area contributed by atoms with Crippen LogP contribution in [0.1, 0.15) is 45.3 Å². The second kappa shape index (κ2) is 10.9. The highest BCUT2D eigenvalue weighted by Crippen LogP contribution is 2.11. The van der Waals surface area contributed by atoms with E-state index < -0.39 is 0 Å². The van der Waals surface area contributed by atoms with E-state index in [9.17, 15) is 9.59 Å². The number of carbonyl (C=O) groups excluding carboxylic acids is 2.